The van der Waals surface area contributed by atoms with E-state index in [2.05, 4.69) is 25.7 Å². The summed E-state index contributed by atoms with van der Waals surface area (Å²) in [6.45, 7) is 10.8. The molecule has 90 valence electrons. The Morgan fingerprint density at radius 3 is 2.67 bits per heavy atom. The summed E-state index contributed by atoms with van der Waals surface area (Å²) in [5.74, 6) is 1.69. The van der Waals surface area contributed by atoms with Crippen molar-refractivity contribution in [3.63, 3.8) is 0 Å². The van der Waals surface area contributed by atoms with Gasteiger partial charge in [-0.2, -0.15) is 0 Å². The average molecular weight is 232 g/mol. The molecule has 0 bridgehead atoms. The zero-order chi connectivity index (χ0) is 11.3. The Morgan fingerprint density at radius 2 is 2.07 bits per heavy atom. The van der Waals surface area contributed by atoms with E-state index in [9.17, 15) is 0 Å². The summed E-state index contributed by atoms with van der Waals surface area (Å²) in [5, 5.41) is 0. The zero-order valence-electron chi connectivity index (χ0n) is 10.6. The Hall–Kier alpha value is 0.250. The maximum absolute atomic E-state index is 5.81. The van der Waals surface area contributed by atoms with Gasteiger partial charge in [0, 0.05) is 12.4 Å². The molecular weight excluding hydrogens is 206 g/mol. The Kier molecular flexibility index (Phi) is 5.42. The fourth-order valence-electron chi connectivity index (χ4n) is 2.24. The van der Waals surface area contributed by atoms with Crippen LogP contribution in [0.15, 0.2) is 0 Å². The van der Waals surface area contributed by atoms with Crippen molar-refractivity contribution in [2.45, 2.75) is 46.5 Å². The van der Waals surface area contributed by atoms with Gasteiger partial charge in [-0.3, -0.25) is 0 Å². The average Bonchev–Trinajstić information content (AvgIpc) is 2.15. The highest BCUT2D eigenvalue weighted by Crippen LogP contribution is 2.23. The molecule has 15 heavy (non-hydrogen) atoms. The minimum Gasteiger partial charge on any atom is -0.303 e. The van der Waals surface area contributed by atoms with E-state index < -0.39 is 0 Å². The summed E-state index contributed by atoms with van der Waals surface area (Å²) >= 11 is 5.81. The van der Waals surface area contributed by atoms with Crippen molar-refractivity contribution in [3.05, 3.63) is 0 Å². The number of piperidine rings is 1. The second-order valence-electron chi connectivity index (χ2n) is 6.10. The SMILES string of the molecule is CC(C)(C)CCN1CCCC(CCCl)C1. The monoisotopic (exact) mass is 231 g/mol. The molecule has 1 saturated heterocycles. The summed E-state index contributed by atoms with van der Waals surface area (Å²) in [6.07, 6.45) is 5.26. The van der Waals surface area contributed by atoms with Gasteiger partial charge in [-0.25, -0.2) is 0 Å². The molecule has 0 aliphatic carbocycles. The Bertz CT molecular complexity index is 172. The molecule has 0 aromatic rings. The molecule has 0 amide bonds. The van der Waals surface area contributed by atoms with Crippen molar-refractivity contribution in [2.75, 3.05) is 25.5 Å². The largest absolute Gasteiger partial charge is 0.303 e. The molecule has 0 aromatic heterocycles. The second-order valence-corrected chi connectivity index (χ2v) is 6.48. The van der Waals surface area contributed by atoms with Crippen molar-refractivity contribution < 1.29 is 0 Å². The van der Waals surface area contributed by atoms with Crippen LogP contribution < -0.4 is 0 Å². The molecule has 1 aliphatic heterocycles. The van der Waals surface area contributed by atoms with Gasteiger partial charge in [0.1, 0.15) is 0 Å². The normalized spacial score (nSPS) is 24.4. The molecule has 0 spiro atoms. The molecule has 1 heterocycles. The zero-order valence-corrected chi connectivity index (χ0v) is 11.3. The first-order chi connectivity index (χ1) is 7.01. The molecule has 1 fully saturated rings. The fraction of sp³-hybridized carbons (Fsp3) is 1.00. The molecule has 0 N–H and O–H groups in total. The van der Waals surface area contributed by atoms with Crippen LogP contribution in [0.4, 0.5) is 0 Å². The molecule has 1 aliphatic rings. The number of alkyl halides is 1. The van der Waals surface area contributed by atoms with Crippen LogP contribution in [0.1, 0.15) is 46.5 Å². The first kappa shape index (κ1) is 13.3. The van der Waals surface area contributed by atoms with E-state index in [1.165, 1.54) is 45.3 Å². The molecule has 1 nitrogen and oxygen atoms in total. The van der Waals surface area contributed by atoms with Gasteiger partial charge in [-0.05, 0) is 50.1 Å². The number of rotatable bonds is 4. The molecule has 1 atom stereocenters. The number of nitrogens with zero attached hydrogens (tertiary/aromatic N) is 1. The van der Waals surface area contributed by atoms with Crippen LogP contribution in [0.25, 0.3) is 0 Å². The van der Waals surface area contributed by atoms with Crippen LogP contribution in [0.3, 0.4) is 0 Å². The van der Waals surface area contributed by atoms with E-state index in [1.807, 2.05) is 0 Å². The number of hydrogen-bond donors (Lipinski definition) is 0. The standard InChI is InChI=1S/C13H26ClN/c1-13(2,3)7-10-15-9-4-5-12(11-15)6-8-14/h12H,4-11H2,1-3H3. The third kappa shape index (κ3) is 5.77. The van der Waals surface area contributed by atoms with Gasteiger partial charge in [-0.15, -0.1) is 11.6 Å². The summed E-state index contributed by atoms with van der Waals surface area (Å²) in [7, 11) is 0. The van der Waals surface area contributed by atoms with Crippen molar-refractivity contribution in [1.82, 2.24) is 4.90 Å². The molecule has 1 unspecified atom stereocenters. The first-order valence-electron chi connectivity index (χ1n) is 6.29. The van der Waals surface area contributed by atoms with E-state index >= 15 is 0 Å². The third-order valence-electron chi connectivity index (χ3n) is 3.30. The van der Waals surface area contributed by atoms with Gasteiger partial charge < -0.3 is 4.90 Å². The fourth-order valence-corrected chi connectivity index (χ4v) is 2.55. The minimum atomic E-state index is 0.472. The van der Waals surface area contributed by atoms with Gasteiger partial charge >= 0.3 is 0 Å². The van der Waals surface area contributed by atoms with Crippen molar-refractivity contribution in [3.8, 4) is 0 Å². The quantitative estimate of drug-likeness (QED) is 0.666. The van der Waals surface area contributed by atoms with Crippen LogP contribution >= 0.6 is 11.6 Å². The van der Waals surface area contributed by atoms with Crippen molar-refractivity contribution in [2.24, 2.45) is 11.3 Å². The van der Waals surface area contributed by atoms with Crippen LogP contribution in [-0.4, -0.2) is 30.4 Å². The van der Waals surface area contributed by atoms with Gasteiger partial charge in [0.15, 0.2) is 0 Å². The van der Waals surface area contributed by atoms with Gasteiger partial charge in [0.05, 0.1) is 0 Å². The van der Waals surface area contributed by atoms with E-state index in [-0.39, 0.29) is 0 Å². The minimum absolute atomic E-state index is 0.472. The maximum atomic E-state index is 5.81. The lowest BCUT2D eigenvalue weighted by Gasteiger charge is -2.34. The number of likely N-dealkylation sites (tertiary alicyclic amines) is 1. The summed E-state index contributed by atoms with van der Waals surface area (Å²) < 4.78 is 0. The van der Waals surface area contributed by atoms with E-state index in [1.54, 1.807) is 0 Å². The van der Waals surface area contributed by atoms with E-state index in [4.69, 9.17) is 11.6 Å². The lowest BCUT2D eigenvalue weighted by molar-refractivity contribution is 0.153. The predicted octanol–water partition coefficient (Wildman–Crippen LogP) is 3.76. The molecule has 0 aromatic carbocycles. The Balaban J connectivity index is 2.24. The smallest absolute Gasteiger partial charge is 0.0226 e. The summed E-state index contributed by atoms with van der Waals surface area (Å²) in [4.78, 5) is 2.63. The van der Waals surface area contributed by atoms with Crippen LogP contribution in [-0.2, 0) is 0 Å². The van der Waals surface area contributed by atoms with Crippen LogP contribution in [0.2, 0.25) is 0 Å². The molecule has 0 radical (unpaired) electrons. The lowest BCUT2D eigenvalue weighted by Crippen LogP contribution is -2.37. The highest BCUT2D eigenvalue weighted by molar-refractivity contribution is 6.17. The van der Waals surface area contributed by atoms with Crippen LogP contribution in [0.5, 0.6) is 0 Å². The highest BCUT2D eigenvalue weighted by atomic mass is 35.5. The number of hydrogen-bond acceptors (Lipinski definition) is 1. The summed E-state index contributed by atoms with van der Waals surface area (Å²) in [6, 6.07) is 0. The van der Waals surface area contributed by atoms with Crippen LogP contribution in [0, 0.1) is 11.3 Å². The predicted molar refractivity (Wildman–Crippen MR) is 68.6 cm³/mol. The van der Waals surface area contributed by atoms with Crippen molar-refractivity contribution >= 4 is 11.6 Å². The Labute approximate surface area is 100 Å². The Morgan fingerprint density at radius 1 is 1.33 bits per heavy atom. The maximum Gasteiger partial charge on any atom is 0.0226 e. The van der Waals surface area contributed by atoms with Gasteiger partial charge in [0.2, 0.25) is 0 Å². The topological polar surface area (TPSA) is 3.24 Å². The molecular formula is C13H26ClN. The van der Waals surface area contributed by atoms with E-state index in [0.717, 1.165) is 11.8 Å². The molecule has 1 rings (SSSR count). The van der Waals surface area contributed by atoms with Crippen molar-refractivity contribution in [1.29, 1.82) is 0 Å². The van der Waals surface area contributed by atoms with E-state index in [0.29, 0.717) is 5.41 Å². The third-order valence-corrected chi connectivity index (χ3v) is 3.52. The molecule has 0 saturated carbocycles. The summed E-state index contributed by atoms with van der Waals surface area (Å²) in [5.41, 5.74) is 0.472. The lowest BCUT2D eigenvalue weighted by atomic mass is 9.90. The molecule has 2 heteroatoms. The first-order valence-corrected chi connectivity index (χ1v) is 6.83. The van der Waals surface area contributed by atoms with Gasteiger partial charge in [0.25, 0.3) is 0 Å². The van der Waals surface area contributed by atoms with Gasteiger partial charge in [-0.1, -0.05) is 20.8 Å². The number of halogens is 1. The highest BCUT2D eigenvalue weighted by Gasteiger charge is 2.20. The second kappa shape index (κ2) is 6.10.